The van der Waals surface area contributed by atoms with Gasteiger partial charge in [-0.3, -0.25) is 9.48 Å². The third kappa shape index (κ3) is 4.84. The van der Waals surface area contributed by atoms with Crippen molar-refractivity contribution in [3.8, 4) is 16.9 Å². The van der Waals surface area contributed by atoms with E-state index in [-0.39, 0.29) is 18.5 Å². The molecule has 3 aromatic rings. The van der Waals surface area contributed by atoms with Gasteiger partial charge in [-0.1, -0.05) is 12.1 Å². The molecule has 8 nitrogen and oxygen atoms in total. The van der Waals surface area contributed by atoms with Gasteiger partial charge in [0.25, 0.3) is 0 Å². The number of aryl methyl sites for hydroxylation is 2. The number of likely N-dealkylation sites (tertiary alicyclic amines) is 1. The van der Waals surface area contributed by atoms with Crippen LogP contribution in [-0.4, -0.2) is 58.3 Å². The number of aromatic nitrogens is 4. The topological polar surface area (TPSA) is 76.4 Å². The molecule has 4 rings (SSSR count). The summed E-state index contributed by atoms with van der Waals surface area (Å²) >= 11 is 0. The smallest absolute Gasteiger partial charge is 0.244 e. The Hall–Kier alpha value is -3.42. The maximum atomic E-state index is 13.5. The molecule has 33 heavy (non-hydrogen) atoms. The summed E-state index contributed by atoms with van der Waals surface area (Å²) in [7, 11) is 5.52. The van der Waals surface area contributed by atoms with Crippen LogP contribution in [0.15, 0.2) is 36.5 Å². The second-order valence-corrected chi connectivity index (χ2v) is 8.78. The number of nitrogens with zero attached hydrogens (tertiary/aromatic N) is 6. The highest BCUT2D eigenvalue weighted by molar-refractivity contribution is 5.77. The van der Waals surface area contributed by atoms with Crippen LogP contribution in [0.3, 0.4) is 0 Å². The lowest BCUT2D eigenvalue weighted by molar-refractivity contribution is -0.136. The minimum absolute atomic E-state index is 0.0663. The molecule has 1 atom stereocenters. The van der Waals surface area contributed by atoms with Gasteiger partial charge in [-0.05, 0) is 56.9 Å². The first kappa shape index (κ1) is 22.8. The quantitative estimate of drug-likeness (QED) is 0.571. The van der Waals surface area contributed by atoms with Gasteiger partial charge in [-0.25, -0.2) is 9.97 Å². The second kappa shape index (κ2) is 9.60. The lowest BCUT2D eigenvalue weighted by Crippen LogP contribution is -2.41. The average molecular weight is 449 g/mol. The number of ether oxygens (including phenoxy) is 1. The van der Waals surface area contributed by atoms with Gasteiger partial charge in [0.15, 0.2) is 0 Å². The maximum absolute atomic E-state index is 13.5. The molecule has 1 aliphatic heterocycles. The summed E-state index contributed by atoms with van der Waals surface area (Å²) in [6.45, 7) is 4.88. The first-order valence-electron chi connectivity index (χ1n) is 11.4. The fourth-order valence-corrected chi connectivity index (χ4v) is 4.42. The Kier molecular flexibility index (Phi) is 6.62. The number of rotatable bonds is 6. The number of carbonyl (C=O) groups excluding carboxylic acids is 1. The Morgan fingerprint density at radius 2 is 1.94 bits per heavy atom. The average Bonchev–Trinajstić information content (AvgIpc) is 3.14. The summed E-state index contributed by atoms with van der Waals surface area (Å²) < 4.78 is 7.11. The van der Waals surface area contributed by atoms with Gasteiger partial charge >= 0.3 is 0 Å². The van der Waals surface area contributed by atoms with Gasteiger partial charge in [0, 0.05) is 38.1 Å². The molecule has 0 spiro atoms. The van der Waals surface area contributed by atoms with Crippen LogP contribution >= 0.6 is 0 Å². The molecule has 1 aromatic carbocycles. The van der Waals surface area contributed by atoms with E-state index < -0.39 is 0 Å². The Morgan fingerprint density at radius 1 is 1.18 bits per heavy atom. The molecule has 2 aromatic heterocycles. The Labute approximate surface area is 195 Å². The van der Waals surface area contributed by atoms with E-state index in [4.69, 9.17) is 9.72 Å². The van der Waals surface area contributed by atoms with E-state index in [1.54, 1.807) is 11.8 Å². The van der Waals surface area contributed by atoms with Crippen LogP contribution in [0.2, 0.25) is 0 Å². The van der Waals surface area contributed by atoms with Gasteiger partial charge in [0.2, 0.25) is 11.9 Å². The number of piperidine rings is 1. The predicted molar refractivity (Wildman–Crippen MR) is 128 cm³/mol. The number of anilines is 1. The van der Waals surface area contributed by atoms with Crippen LogP contribution in [0.4, 0.5) is 5.95 Å². The molecule has 8 heteroatoms. The number of methoxy groups -OCH3 is 1. The van der Waals surface area contributed by atoms with E-state index in [1.165, 1.54) is 0 Å². The molecule has 0 N–H and O–H groups in total. The lowest BCUT2D eigenvalue weighted by atomic mass is 9.93. The SMILES string of the molecule is COc1ccc(-c2cnc(N(C)C)nc2C2CCCCN2C(=O)Cn2nc(C)cc2C)cc1. The molecule has 174 valence electrons. The van der Waals surface area contributed by atoms with Crippen molar-refractivity contribution >= 4 is 11.9 Å². The molecule has 3 heterocycles. The zero-order chi connectivity index (χ0) is 23.5. The summed E-state index contributed by atoms with van der Waals surface area (Å²) in [5.41, 5.74) is 4.75. The highest BCUT2D eigenvalue weighted by Crippen LogP contribution is 2.37. The molecular formula is C25H32N6O2. The van der Waals surface area contributed by atoms with E-state index in [1.807, 2.05) is 74.3 Å². The Bertz CT molecular complexity index is 1120. The minimum Gasteiger partial charge on any atom is -0.497 e. The molecule has 1 saturated heterocycles. The highest BCUT2D eigenvalue weighted by atomic mass is 16.5. The minimum atomic E-state index is -0.109. The first-order chi connectivity index (χ1) is 15.9. The molecule has 1 unspecified atom stereocenters. The summed E-state index contributed by atoms with van der Waals surface area (Å²) in [5.74, 6) is 1.50. The molecular weight excluding hydrogens is 416 g/mol. The predicted octanol–water partition coefficient (Wildman–Crippen LogP) is 3.79. The summed E-state index contributed by atoms with van der Waals surface area (Å²) in [5, 5.41) is 4.49. The molecule has 1 amide bonds. The standard InChI is InChI=1S/C25H32N6O2/c1-17-14-18(2)31(28-17)16-23(32)30-13-7-6-8-22(30)24-21(15-26-25(27-24)29(3)4)19-9-11-20(33-5)12-10-19/h9-12,14-15,22H,6-8,13,16H2,1-5H3. The second-order valence-electron chi connectivity index (χ2n) is 8.78. The number of amides is 1. The largest absolute Gasteiger partial charge is 0.497 e. The van der Waals surface area contributed by atoms with Gasteiger partial charge < -0.3 is 14.5 Å². The first-order valence-corrected chi connectivity index (χ1v) is 11.4. The number of benzene rings is 1. The molecule has 1 fully saturated rings. The lowest BCUT2D eigenvalue weighted by Gasteiger charge is -2.36. The van der Waals surface area contributed by atoms with E-state index in [9.17, 15) is 4.79 Å². The van der Waals surface area contributed by atoms with Crippen LogP contribution < -0.4 is 9.64 Å². The highest BCUT2D eigenvalue weighted by Gasteiger charge is 2.32. The Balaban J connectivity index is 1.72. The monoisotopic (exact) mass is 448 g/mol. The number of hydrogen-bond donors (Lipinski definition) is 0. The van der Waals surface area contributed by atoms with Crippen LogP contribution in [0.25, 0.3) is 11.1 Å². The van der Waals surface area contributed by atoms with Crippen molar-refractivity contribution in [2.45, 2.75) is 45.7 Å². The van der Waals surface area contributed by atoms with E-state index in [0.29, 0.717) is 12.5 Å². The van der Waals surface area contributed by atoms with Crippen molar-refractivity contribution in [3.63, 3.8) is 0 Å². The summed E-state index contributed by atoms with van der Waals surface area (Å²) in [6.07, 6.45) is 4.79. The maximum Gasteiger partial charge on any atom is 0.244 e. The molecule has 0 saturated carbocycles. The van der Waals surface area contributed by atoms with Crippen LogP contribution in [0.1, 0.15) is 42.4 Å². The number of hydrogen-bond acceptors (Lipinski definition) is 6. The van der Waals surface area contributed by atoms with E-state index in [2.05, 4.69) is 10.1 Å². The van der Waals surface area contributed by atoms with Crippen LogP contribution in [0.5, 0.6) is 5.75 Å². The van der Waals surface area contributed by atoms with Crippen molar-refractivity contribution in [3.05, 3.63) is 53.6 Å². The molecule has 0 bridgehead atoms. The van der Waals surface area contributed by atoms with Crippen molar-refractivity contribution in [1.29, 1.82) is 0 Å². The van der Waals surface area contributed by atoms with Crippen molar-refractivity contribution in [2.75, 3.05) is 32.6 Å². The van der Waals surface area contributed by atoms with Gasteiger partial charge in [0.05, 0.1) is 24.5 Å². The van der Waals surface area contributed by atoms with Gasteiger partial charge in [0.1, 0.15) is 12.3 Å². The molecule has 0 aliphatic carbocycles. The zero-order valence-corrected chi connectivity index (χ0v) is 20.1. The van der Waals surface area contributed by atoms with E-state index >= 15 is 0 Å². The third-order valence-electron chi connectivity index (χ3n) is 6.13. The van der Waals surface area contributed by atoms with Crippen LogP contribution in [0, 0.1) is 13.8 Å². The van der Waals surface area contributed by atoms with Gasteiger partial charge in [-0.15, -0.1) is 0 Å². The zero-order valence-electron chi connectivity index (χ0n) is 20.1. The summed E-state index contributed by atoms with van der Waals surface area (Å²) in [4.78, 5) is 26.8. The van der Waals surface area contributed by atoms with Crippen molar-refractivity contribution in [2.24, 2.45) is 0 Å². The van der Waals surface area contributed by atoms with Gasteiger partial charge in [-0.2, -0.15) is 5.10 Å². The molecule has 0 radical (unpaired) electrons. The fraction of sp³-hybridized carbons (Fsp3) is 0.440. The molecule has 1 aliphatic rings. The Morgan fingerprint density at radius 3 is 2.58 bits per heavy atom. The summed E-state index contributed by atoms with van der Waals surface area (Å²) in [6, 6.07) is 9.79. The van der Waals surface area contributed by atoms with E-state index in [0.717, 1.165) is 53.2 Å². The third-order valence-corrected chi connectivity index (χ3v) is 6.13. The number of carbonyl (C=O) groups is 1. The normalized spacial score (nSPS) is 16.0. The van der Waals surface area contributed by atoms with Crippen LogP contribution in [-0.2, 0) is 11.3 Å². The van der Waals surface area contributed by atoms with Crippen molar-refractivity contribution < 1.29 is 9.53 Å². The van der Waals surface area contributed by atoms with Crippen molar-refractivity contribution in [1.82, 2.24) is 24.6 Å². The fourth-order valence-electron chi connectivity index (χ4n) is 4.42.